The first kappa shape index (κ1) is 11.5. The average molecular weight is 209 g/mol. The molecule has 1 aliphatic carbocycles. The SMILES string of the molecule is CC(C#N)C(=O)NC(C)C(=O)NC1CC1. The van der Waals surface area contributed by atoms with Gasteiger partial charge in [0, 0.05) is 6.04 Å². The standard InChI is InChI=1S/C10H15N3O2/c1-6(5-11)9(14)12-7(2)10(15)13-8-3-4-8/h6-8H,3-4H2,1-2H3,(H,12,14)(H,13,15). The Bertz CT molecular complexity index is 304. The summed E-state index contributed by atoms with van der Waals surface area (Å²) in [6.07, 6.45) is 2.03. The summed E-state index contributed by atoms with van der Waals surface area (Å²) >= 11 is 0. The fraction of sp³-hybridized carbons (Fsp3) is 0.700. The molecule has 0 saturated heterocycles. The molecule has 0 spiro atoms. The molecule has 1 saturated carbocycles. The zero-order chi connectivity index (χ0) is 11.4. The van der Waals surface area contributed by atoms with Gasteiger partial charge in [-0.15, -0.1) is 0 Å². The number of hydrogen-bond donors (Lipinski definition) is 2. The van der Waals surface area contributed by atoms with Gasteiger partial charge in [-0.3, -0.25) is 9.59 Å². The molecule has 2 N–H and O–H groups in total. The van der Waals surface area contributed by atoms with Crippen LogP contribution < -0.4 is 10.6 Å². The predicted molar refractivity (Wildman–Crippen MR) is 53.5 cm³/mol. The summed E-state index contributed by atoms with van der Waals surface area (Å²) in [5.74, 6) is -1.31. The van der Waals surface area contributed by atoms with E-state index in [1.54, 1.807) is 6.92 Å². The monoisotopic (exact) mass is 209 g/mol. The molecule has 2 unspecified atom stereocenters. The topological polar surface area (TPSA) is 82.0 Å². The average Bonchev–Trinajstić information content (AvgIpc) is 3.00. The van der Waals surface area contributed by atoms with E-state index in [-0.39, 0.29) is 11.9 Å². The Morgan fingerprint density at radius 3 is 2.40 bits per heavy atom. The zero-order valence-corrected chi connectivity index (χ0v) is 8.91. The van der Waals surface area contributed by atoms with Crippen molar-refractivity contribution in [2.75, 3.05) is 0 Å². The summed E-state index contributed by atoms with van der Waals surface area (Å²) in [6.45, 7) is 3.11. The minimum atomic E-state index is -0.721. The second kappa shape index (κ2) is 4.78. The van der Waals surface area contributed by atoms with E-state index < -0.39 is 17.9 Å². The molecule has 0 bridgehead atoms. The van der Waals surface area contributed by atoms with Crippen molar-refractivity contribution in [2.24, 2.45) is 5.92 Å². The molecule has 5 heteroatoms. The third-order valence-corrected chi connectivity index (χ3v) is 2.26. The van der Waals surface area contributed by atoms with E-state index in [0.717, 1.165) is 12.8 Å². The van der Waals surface area contributed by atoms with E-state index in [4.69, 9.17) is 5.26 Å². The summed E-state index contributed by atoms with van der Waals surface area (Å²) < 4.78 is 0. The maximum Gasteiger partial charge on any atom is 0.242 e. The fourth-order valence-corrected chi connectivity index (χ4v) is 1.02. The molecule has 15 heavy (non-hydrogen) atoms. The van der Waals surface area contributed by atoms with Crippen LogP contribution in [0.5, 0.6) is 0 Å². The lowest BCUT2D eigenvalue weighted by molar-refractivity contribution is -0.129. The van der Waals surface area contributed by atoms with E-state index in [1.165, 1.54) is 6.92 Å². The number of amides is 2. The van der Waals surface area contributed by atoms with Crippen LogP contribution in [0.4, 0.5) is 0 Å². The fourth-order valence-electron chi connectivity index (χ4n) is 1.02. The summed E-state index contributed by atoms with van der Waals surface area (Å²) in [5.41, 5.74) is 0. The van der Waals surface area contributed by atoms with Crippen molar-refractivity contribution < 1.29 is 9.59 Å². The lowest BCUT2D eigenvalue weighted by atomic mass is 10.2. The number of rotatable bonds is 4. The molecule has 2 amide bonds. The van der Waals surface area contributed by atoms with Gasteiger partial charge in [0.15, 0.2) is 0 Å². The van der Waals surface area contributed by atoms with Crippen LogP contribution >= 0.6 is 0 Å². The molecular formula is C10H15N3O2. The Hall–Kier alpha value is -1.57. The second-order valence-corrected chi connectivity index (χ2v) is 3.86. The van der Waals surface area contributed by atoms with Crippen molar-refractivity contribution in [2.45, 2.75) is 38.8 Å². The third-order valence-electron chi connectivity index (χ3n) is 2.26. The second-order valence-electron chi connectivity index (χ2n) is 3.86. The van der Waals surface area contributed by atoms with Gasteiger partial charge in [0.05, 0.1) is 6.07 Å². The van der Waals surface area contributed by atoms with Crippen LogP contribution in [-0.2, 0) is 9.59 Å². The molecule has 1 aliphatic rings. The summed E-state index contributed by atoms with van der Waals surface area (Å²) in [6, 6.07) is 1.53. The first-order chi connectivity index (χ1) is 7.04. The highest BCUT2D eigenvalue weighted by Crippen LogP contribution is 2.18. The number of nitrogens with zero attached hydrogens (tertiary/aromatic N) is 1. The molecule has 0 aromatic heterocycles. The Morgan fingerprint density at radius 2 is 1.93 bits per heavy atom. The van der Waals surface area contributed by atoms with E-state index in [9.17, 15) is 9.59 Å². The van der Waals surface area contributed by atoms with Gasteiger partial charge in [-0.05, 0) is 26.7 Å². The van der Waals surface area contributed by atoms with Gasteiger partial charge < -0.3 is 10.6 Å². The smallest absolute Gasteiger partial charge is 0.242 e. The van der Waals surface area contributed by atoms with Crippen LogP contribution in [0.15, 0.2) is 0 Å². The highest BCUT2D eigenvalue weighted by molar-refractivity contribution is 5.89. The number of nitrogens with one attached hydrogen (secondary N) is 2. The molecule has 2 atom stereocenters. The highest BCUT2D eigenvalue weighted by atomic mass is 16.2. The van der Waals surface area contributed by atoms with Gasteiger partial charge >= 0.3 is 0 Å². The van der Waals surface area contributed by atoms with Crippen molar-refractivity contribution in [3.63, 3.8) is 0 Å². The summed E-state index contributed by atoms with van der Waals surface area (Å²) in [4.78, 5) is 22.7. The maximum absolute atomic E-state index is 11.4. The van der Waals surface area contributed by atoms with E-state index >= 15 is 0 Å². The largest absolute Gasteiger partial charge is 0.352 e. The van der Waals surface area contributed by atoms with Gasteiger partial charge in [-0.1, -0.05) is 0 Å². The van der Waals surface area contributed by atoms with Gasteiger partial charge in [0.1, 0.15) is 12.0 Å². The quantitative estimate of drug-likeness (QED) is 0.680. The lowest BCUT2D eigenvalue weighted by Crippen LogP contribution is -2.46. The molecule has 0 heterocycles. The lowest BCUT2D eigenvalue weighted by Gasteiger charge is -2.14. The van der Waals surface area contributed by atoms with E-state index in [1.807, 2.05) is 6.07 Å². The van der Waals surface area contributed by atoms with E-state index in [2.05, 4.69) is 10.6 Å². The predicted octanol–water partition coefficient (Wildman–Crippen LogP) is -0.0706. The summed E-state index contributed by atoms with van der Waals surface area (Å²) in [7, 11) is 0. The maximum atomic E-state index is 11.4. The minimum Gasteiger partial charge on any atom is -0.352 e. The number of hydrogen-bond acceptors (Lipinski definition) is 3. The number of carbonyl (C=O) groups excluding carboxylic acids is 2. The first-order valence-electron chi connectivity index (χ1n) is 5.05. The van der Waals surface area contributed by atoms with Crippen molar-refractivity contribution >= 4 is 11.8 Å². The van der Waals surface area contributed by atoms with Crippen molar-refractivity contribution in [1.82, 2.24) is 10.6 Å². The Morgan fingerprint density at radius 1 is 1.33 bits per heavy atom. The van der Waals surface area contributed by atoms with Crippen LogP contribution in [-0.4, -0.2) is 23.9 Å². The molecule has 0 aromatic rings. The van der Waals surface area contributed by atoms with Crippen molar-refractivity contribution in [3.05, 3.63) is 0 Å². The summed E-state index contributed by atoms with van der Waals surface area (Å²) in [5, 5.41) is 13.8. The molecule has 0 aliphatic heterocycles. The van der Waals surface area contributed by atoms with Crippen LogP contribution in [0.25, 0.3) is 0 Å². The third kappa shape index (κ3) is 3.58. The molecule has 1 fully saturated rings. The normalized spacial score (nSPS) is 18.5. The zero-order valence-electron chi connectivity index (χ0n) is 8.91. The minimum absolute atomic E-state index is 0.184. The van der Waals surface area contributed by atoms with Gasteiger partial charge in [-0.2, -0.15) is 5.26 Å². The number of nitriles is 1. The van der Waals surface area contributed by atoms with Crippen molar-refractivity contribution in [3.8, 4) is 6.07 Å². The van der Waals surface area contributed by atoms with Gasteiger partial charge in [0.2, 0.25) is 11.8 Å². The molecule has 1 rings (SSSR count). The number of carbonyl (C=O) groups is 2. The molecule has 0 aromatic carbocycles. The Balaban J connectivity index is 2.33. The van der Waals surface area contributed by atoms with Crippen LogP contribution in [0, 0.1) is 17.2 Å². The molecule has 5 nitrogen and oxygen atoms in total. The van der Waals surface area contributed by atoms with Crippen LogP contribution in [0.1, 0.15) is 26.7 Å². The molecule has 0 radical (unpaired) electrons. The highest BCUT2D eigenvalue weighted by Gasteiger charge is 2.26. The van der Waals surface area contributed by atoms with Gasteiger partial charge in [-0.25, -0.2) is 0 Å². The van der Waals surface area contributed by atoms with Gasteiger partial charge in [0.25, 0.3) is 0 Å². The first-order valence-corrected chi connectivity index (χ1v) is 5.05. The Labute approximate surface area is 88.8 Å². The molecule has 82 valence electrons. The molecular weight excluding hydrogens is 194 g/mol. The van der Waals surface area contributed by atoms with Crippen molar-refractivity contribution in [1.29, 1.82) is 5.26 Å². The van der Waals surface area contributed by atoms with Crippen LogP contribution in [0.2, 0.25) is 0 Å². The van der Waals surface area contributed by atoms with Crippen LogP contribution in [0.3, 0.4) is 0 Å². The Kier molecular flexibility index (Phi) is 3.67. The van der Waals surface area contributed by atoms with E-state index in [0.29, 0.717) is 0 Å².